The summed E-state index contributed by atoms with van der Waals surface area (Å²) in [5.74, 6) is 0.417. The minimum absolute atomic E-state index is 0.153. The summed E-state index contributed by atoms with van der Waals surface area (Å²) >= 11 is 11.9. The molecule has 0 heterocycles. The van der Waals surface area contributed by atoms with Gasteiger partial charge < -0.3 is 15.2 Å². The van der Waals surface area contributed by atoms with Crippen molar-refractivity contribution < 1.29 is 9.84 Å². The molecule has 0 amide bonds. The maximum absolute atomic E-state index is 9.82. The van der Waals surface area contributed by atoms with Crippen LogP contribution in [-0.2, 0) is 0 Å². The van der Waals surface area contributed by atoms with Gasteiger partial charge in [-0.25, -0.2) is 0 Å². The Balaban J connectivity index is 2.36. The highest BCUT2D eigenvalue weighted by atomic mass is 35.5. The zero-order valence-electron chi connectivity index (χ0n) is 11.5. The van der Waals surface area contributed by atoms with Crippen molar-refractivity contribution in [3.05, 3.63) is 28.2 Å². The first kappa shape index (κ1) is 16.6. The number of benzene rings is 1. The third-order valence-corrected chi connectivity index (χ3v) is 2.97. The van der Waals surface area contributed by atoms with Gasteiger partial charge in [-0.15, -0.1) is 0 Å². The lowest BCUT2D eigenvalue weighted by atomic mass is 9.97. The lowest BCUT2D eigenvalue weighted by molar-refractivity contribution is 0.104. The van der Waals surface area contributed by atoms with Crippen LogP contribution in [0.3, 0.4) is 0 Å². The van der Waals surface area contributed by atoms with E-state index in [0.29, 0.717) is 22.3 Å². The number of hydrogen-bond donors (Lipinski definition) is 2. The average molecular weight is 306 g/mol. The molecule has 1 unspecified atom stereocenters. The fraction of sp³-hybridized carbons (Fsp3) is 0.571. The summed E-state index contributed by atoms with van der Waals surface area (Å²) in [6, 6.07) is 5.15. The van der Waals surface area contributed by atoms with Gasteiger partial charge in [-0.3, -0.25) is 0 Å². The third-order valence-electron chi connectivity index (χ3n) is 2.37. The van der Waals surface area contributed by atoms with E-state index in [-0.39, 0.29) is 12.0 Å². The number of halogens is 2. The summed E-state index contributed by atoms with van der Waals surface area (Å²) < 4.78 is 5.46. The highest BCUT2D eigenvalue weighted by Crippen LogP contribution is 2.32. The van der Waals surface area contributed by atoms with Gasteiger partial charge in [-0.05, 0) is 17.5 Å². The van der Waals surface area contributed by atoms with Crippen LogP contribution >= 0.6 is 23.2 Å². The molecular weight excluding hydrogens is 285 g/mol. The number of aliphatic hydroxyl groups is 1. The Labute approximate surface area is 124 Å². The molecule has 1 aromatic carbocycles. The number of hydrogen-bond acceptors (Lipinski definition) is 3. The van der Waals surface area contributed by atoms with Crippen LogP contribution < -0.4 is 10.1 Å². The lowest BCUT2D eigenvalue weighted by Gasteiger charge is -2.20. The Kier molecular flexibility index (Phi) is 6.40. The molecule has 19 heavy (non-hydrogen) atoms. The SMILES string of the molecule is CC(C)(C)CNCC(O)COc1c(Cl)cccc1Cl. The van der Waals surface area contributed by atoms with E-state index < -0.39 is 6.10 Å². The lowest BCUT2D eigenvalue weighted by Crippen LogP contribution is -2.36. The molecule has 0 aliphatic rings. The van der Waals surface area contributed by atoms with Gasteiger partial charge in [0.25, 0.3) is 0 Å². The van der Waals surface area contributed by atoms with Crippen molar-refractivity contribution in [1.29, 1.82) is 0 Å². The molecule has 1 atom stereocenters. The second kappa shape index (κ2) is 7.34. The molecule has 0 aliphatic carbocycles. The monoisotopic (exact) mass is 305 g/mol. The summed E-state index contributed by atoms with van der Waals surface area (Å²) in [6.07, 6.45) is -0.602. The Morgan fingerprint density at radius 1 is 1.26 bits per heavy atom. The van der Waals surface area contributed by atoms with E-state index >= 15 is 0 Å². The Morgan fingerprint density at radius 2 is 1.84 bits per heavy atom. The van der Waals surface area contributed by atoms with E-state index in [1.165, 1.54) is 0 Å². The molecular formula is C14H21Cl2NO2. The first-order valence-corrected chi connectivity index (χ1v) is 7.01. The normalized spacial score (nSPS) is 13.4. The number of rotatable bonds is 6. The molecule has 0 radical (unpaired) electrons. The van der Waals surface area contributed by atoms with Crippen molar-refractivity contribution >= 4 is 23.2 Å². The van der Waals surface area contributed by atoms with E-state index in [2.05, 4.69) is 26.1 Å². The average Bonchev–Trinajstić information content (AvgIpc) is 2.26. The van der Waals surface area contributed by atoms with E-state index in [1.807, 2.05) is 0 Å². The fourth-order valence-electron chi connectivity index (χ4n) is 1.47. The maximum Gasteiger partial charge on any atom is 0.156 e. The third kappa shape index (κ3) is 6.48. The van der Waals surface area contributed by atoms with Crippen molar-refractivity contribution in [2.45, 2.75) is 26.9 Å². The predicted molar refractivity (Wildman–Crippen MR) is 80.3 cm³/mol. The van der Waals surface area contributed by atoms with Gasteiger partial charge in [0.1, 0.15) is 12.7 Å². The largest absolute Gasteiger partial charge is 0.488 e. The first-order chi connectivity index (χ1) is 8.79. The minimum Gasteiger partial charge on any atom is -0.488 e. The molecule has 0 saturated carbocycles. The molecule has 0 aromatic heterocycles. The molecule has 5 heteroatoms. The number of nitrogens with one attached hydrogen (secondary N) is 1. The van der Waals surface area contributed by atoms with Crippen LogP contribution in [0.1, 0.15) is 20.8 Å². The predicted octanol–water partition coefficient (Wildman–Crippen LogP) is 3.37. The molecule has 1 aromatic rings. The Morgan fingerprint density at radius 3 is 2.37 bits per heavy atom. The second-order valence-corrected chi connectivity index (χ2v) is 6.52. The van der Waals surface area contributed by atoms with Crippen molar-refractivity contribution in [3.63, 3.8) is 0 Å². The molecule has 0 bridgehead atoms. The van der Waals surface area contributed by atoms with Crippen LogP contribution in [0.2, 0.25) is 10.0 Å². The number of para-hydroxylation sites is 1. The standard InChI is InChI=1S/C14H21Cl2NO2/c1-14(2,3)9-17-7-10(18)8-19-13-11(15)5-4-6-12(13)16/h4-6,10,17-18H,7-9H2,1-3H3. The van der Waals surface area contributed by atoms with Gasteiger partial charge in [-0.2, -0.15) is 0 Å². The fourth-order valence-corrected chi connectivity index (χ4v) is 1.98. The zero-order valence-corrected chi connectivity index (χ0v) is 13.1. The summed E-state index contributed by atoms with van der Waals surface area (Å²) in [6.45, 7) is 7.85. The Hall–Kier alpha value is -0.480. The molecule has 3 nitrogen and oxygen atoms in total. The number of ether oxygens (including phenoxy) is 1. The molecule has 0 fully saturated rings. The quantitative estimate of drug-likeness (QED) is 0.846. The van der Waals surface area contributed by atoms with Crippen LogP contribution in [0.5, 0.6) is 5.75 Å². The van der Waals surface area contributed by atoms with Crippen LogP contribution in [0.15, 0.2) is 18.2 Å². The summed E-state index contributed by atoms with van der Waals surface area (Å²) in [4.78, 5) is 0. The minimum atomic E-state index is -0.602. The van der Waals surface area contributed by atoms with Crippen LogP contribution in [0.25, 0.3) is 0 Å². The van der Waals surface area contributed by atoms with Gasteiger partial charge in [0.05, 0.1) is 10.0 Å². The second-order valence-electron chi connectivity index (χ2n) is 5.71. The maximum atomic E-state index is 9.82. The van der Waals surface area contributed by atoms with E-state index in [0.717, 1.165) is 6.54 Å². The van der Waals surface area contributed by atoms with Crippen LogP contribution in [-0.4, -0.2) is 30.9 Å². The molecule has 2 N–H and O–H groups in total. The Bertz CT molecular complexity index is 385. The number of aliphatic hydroxyl groups excluding tert-OH is 1. The molecule has 108 valence electrons. The highest BCUT2D eigenvalue weighted by molar-refractivity contribution is 6.37. The summed E-state index contributed by atoms with van der Waals surface area (Å²) in [5, 5.41) is 13.9. The molecule has 1 rings (SSSR count). The smallest absolute Gasteiger partial charge is 0.156 e. The first-order valence-electron chi connectivity index (χ1n) is 6.25. The van der Waals surface area contributed by atoms with Gasteiger partial charge in [0, 0.05) is 13.1 Å². The van der Waals surface area contributed by atoms with Crippen LogP contribution in [0, 0.1) is 5.41 Å². The topological polar surface area (TPSA) is 41.5 Å². The van der Waals surface area contributed by atoms with Gasteiger partial charge in [0.15, 0.2) is 5.75 Å². The van der Waals surface area contributed by atoms with Gasteiger partial charge in [0.2, 0.25) is 0 Å². The van der Waals surface area contributed by atoms with Crippen molar-refractivity contribution in [2.75, 3.05) is 19.7 Å². The van der Waals surface area contributed by atoms with Crippen molar-refractivity contribution in [2.24, 2.45) is 5.41 Å². The molecule has 0 spiro atoms. The zero-order chi connectivity index (χ0) is 14.5. The highest BCUT2D eigenvalue weighted by Gasteiger charge is 2.13. The van der Waals surface area contributed by atoms with Gasteiger partial charge >= 0.3 is 0 Å². The van der Waals surface area contributed by atoms with Crippen molar-refractivity contribution in [3.8, 4) is 5.75 Å². The summed E-state index contributed by atoms with van der Waals surface area (Å²) in [5.41, 5.74) is 0.187. The van der Waals surface area contributed by atoms with E-state index in [4.69, 9.17) is 27.9 Å². The molecule has 0 aliphatic heterocycles. The molecule has 0 saturated heterocycles. The van der Waals surface area contributed by atoms with E-state index in [1.54, 1.807) is 18.2 Å². The van der Waals surface area contributed by atoms with Crippen molar-refractivity contribution in [1.82, 2.24) is 5.32 Å². The van der Waals surface area contributed by atoms with Crippen LogP contribution in [0.4, 0.5) is 0 Å². The summed E-state index contributed by atoms with van der Waals surface area (Å²) in [7, 11) is 0. The van der Waals surface area contributed by atoms with Gasteiger partial charge in [-0.1, -0.05) is 50.0 Å². The van der Waals surface area contributed by atoms with E-state index in [9.17, 15) is 5.11 Å².